The molecule has 0 amide bonds. The first-order valence-corrected chi connectivity index (χ1v) is 9.77. The molecule has 3 aromatic rings. The fourth-order valence-corrected chi connectivity index (χ4v) is 4.17. The number of sulfonamides is 1. The van der Waals surface area contributed by atoms with Gasteiger partial charge in [0.05, 0.1) is 0 Å². The largest absolute Gasteiger partial charge is 0.461 e. The van der Waals surface area contributed by atoms with Gasteiger partial charge < -0.3 is 8.98 Å². The van der Waals surface area contributed by atoms with Crippen LogP contribution in [0, 0.1) is 0 Å². The molecule has 2 heterocycles. The van der Waals surface area contributed by atoms with E-state index in [9.17, 15) is 8.42 Å². The highest BCUT2D eigenvalue weighted by Crippen LogP contribution is 2.20. The van der Waals surface area contributed by atoms with Crippen LogP contribution in [-0.4, -0.2) is 24.0 Å². The van der Waals surface area contributed by atoms with E-state index < -0.39 is 10.0 Å². The predicted molar refractivity (Wildman–Crippen MR) is 97.0 cm³/mol. The maximum absolute atomic E-state index is 12.6. The monoisotopic (exact) mass is 361 g/mol. The molecule has 1 unspecified atom stereocenters. The second kappa shape index (κ2) is 6.65. The number of hydrogen-bond donors (Lipinski definition) is 1. The highest BCUT2D eigenvalue weighted by molar-refractivity contribution is 7.89. The number of hydrogen-bond acceptors (Lipinski definition) is 4. The molecule has 0 saturated carbocycles. The lowest BCUT2D eigenvalue weighted by Gasteiger charge is -2.11. The molecule has 1 aromatic carbocycles. The third-order valence-corrected chi connectivity index (χ3v) is 5.48. The van der Waals surface area contributed by atoms with Crippen molar-refractivity contribution >= 4 is 21.0 Å². The van der Waals surface area contributed by atoms with Crippen molar-refractivity contribution in [2.24, 2.45) is 7.05 Å². The minimum absolute atomic E-state index is 0.0511. The van der Waals surface area contributed by atoms with E-state index in [4.69, 9.17) is 4.42 Å². The van der Waals surface area contributed by atoms with E-state index in [0.29, 0.717) is 6.42 Å². The van der Waals surface area contributed by atoms with Crippen molar-refractivity contribution in [1.82, 2.24) is 14.3 Å². The fraction of sp³-hybridized carbons (Fsp3) is 0.389. The van der Waals surface area contributed by atoms with Gasteiger partial charge in [0.25, 0.3) is 10.0 Å². The number of aromatic nitrogens is 2. The molecule has 0 fully saturated rings. The van der Waals surface area contributed by atoms with E-state index in [1.165, 1.54) is 0 Å². The molecule has 2 aromatic heterocycles. The zero-order chi connectivity index (χ0) is 18.2. The third-order valence-electron chi connectivity index (χ3n) is 4.02. The zero-order valence-electron chi connectivity index (χ0n) is 14.9. The second-order valence-corrected chi connectivity index (χ2v) is 8.34. The molecule has 7 heteroatoms. The normalized spacial score (nSPS) is 13.6. The number of fused-ring (bicyclic) bond motifs is 1. The Bertz CT molecular complexity index is 953. The van der Waals surface area contributed by atoms with Gasteiger partial charge in [0.1, 0.15) is 17.2 Å². The van der Waals surface area contributed by atoms with Gasteiger partial charge in [0.15, 0.2) is 5.03 Å². The van der Waals surface area contributed by atoms with Gasteiger partial charge in [-0.15, -0.1) is 0 Å². The van der Waals surface area contributed by atoms with Crippen LogP contribution >= 0.6 is 0 Å². The number of rotatable bonds is 6. The molecule has 0 aliphatic heterocycles. The van der Waals surface area contributed by atoms with Crippen molar-refractivity contribution in [3.8, 4) is 0 Å². The molecule has 134 valence electrons. The maximum atomic E-state index is 12.6. The van der Waals surface area contributed by atoms with Crippen molar-refractivity contribution in [1.29, 1.82) is 0 Å². The smallest absolute Gasteiger partial charge is 0.259 e. The molecule has 1 atom stereocenters. The average Bonchev–Trinajstić information content (AvgIpc) is 3.09. The van der Waals surface area contributed by atoms with Crippen LogP contribution in [0.5, 0.6) is 0 Å². The van der Waals surface area contributed by atoms with Crippen LogP contribution in [0.25, 0.3) is 11.0 Å². The lowest BCUT2D eigenvalue weighted by atomic mass is 10.2. The van der Waals surface area contributed by atoms with Crippen LogP contribution in [-0.2, 0) is 23.5 Å². The summed E-state index contributed by atoms with van der Waals surface area (Å²) in [7, 11) is -1.86. The fourth-order valence-electron chi connectivity index (χ4n) is 2.92. The van der Waals surface area contributed by atoms with E-state index >= 15 is 0 Å². The predicted octanol–water partition coefficient (Wildman–Crippen LogP) is 3.20. The molecule has 6 nitrogen and oxygen atoms in total. The van der Waals surface area contributed by atoms with Gasteiger partial charge in [-0.3, -0.25) is 0 Å². The van der Waals surface area contributed by atoms with E-state index in [-0.39, 0.29) is 17.0 Å². The van der Waals surface area contributed by atoms with Crippen molar-refractivity contribution < 1.29 is 12.8 Å². The average molecular weight is 361 g/mol. The molecule has 1 N–H and O–H groups in total. The number of imidazole rings is 1. The lowest BCUT2D eigenvalue weighted by molar-refractivity contribution is 0.503. The second-order valence-electron chi connectivity index (χ2n) is 6.68. The summed E-state index contributed by atoms with van der Waals surface area (Å²) in [4.78, 5) is 4.26. The van der Waals surface area contributed by atoms with Gasteiger partial charge in [0.2, 0.25) is 0 Å². The van der Waals surface area contributed by atoms with Crippen molar-refractivity contribution in [3.05, 3.63) is 48.1 Å². The Kier molecular flexibility index (Phi) is 4.71. The van der Waals surface area contributed by atoms with Crippen molar-refractivity contribution in [3.63, 3.8) is 0 Å². The Morgan fingerprint density at radius 3 is 2.60 bits per heavy atom. The van der Waals surface area contributed by atoms with E-state index in [1.54, 1.807) is 17.8 Å². The van der Waals surface area contributed by atoms with Gasteiger partial charge in [-0.1, -0.05) is 32.0 Å². The summed E-state index contributed by atoms with van der Waals surface area (Å²) in [5.74, 6) is 1.65. The summed E-state index contributed by atoms with van der Waals surface area (Å²) in [5.41, 5.74) is 0.804. The van der Waals surface area contributed by atoms with Crippen LogP contribution in [0.4, 0.5) is 0 Å². The first-order valence-electron chi connectivity index (χ1n) is 8.29. The Hall–Kier alpha value is -2.12. The molecule has 3 rings (SSSR count). The number of nitrogens with zero attached hydrogens (tertiary/aromatic N) is 2. The number of aryl methyl sites for hydroxylation is 1. The van der Waals surface area contributed by atoms with Crippen LogP contribution in [0.2, 0.25) is 0 Å². The van der Waals surface area contributed by atoms with Crippen LogP contribution in [0.1, 0.15) is 38.3 Å². The zero-order valence-corrected chi connectivity index (χ0v) is 15.7. The van der Waals surface area contributed by atoms with Gasteiger partial charge in [-0.05, 0) is 19.1 Å². The summed E-state index contributed by atoms with van der Waals surface area (Å²) in [6, 6.07) is 9.36. The highest BCUT2D eigenvalue weighted by atomic mass is 32.2. The van der Waals surface area contributed by atoms with Crippen molar-refractivity contribution in [2.75, 3.05) is 0 Å². The first-order chi connectivity index (χ1) is 11.8. The third kappa shape index (κ3) is 3.77. The summed E-state index contributed by atoms with van der Waals surface area (Å²) in [6.45, 7) is 5.78. The molecule has 0 aliphatic carbocycles. The molecule has 0 aliphatic rings. The molecule has 25 heavy (non-hydrogen) atoms. The SMILES string of the molecule is CC(Cc1cc2ccccc2o1)NS(=O)(=O)c1cn(C)c(C(C)C)n1. The molecule has 0 saturated heterocycles. The minimum Gasteiger partial charge on any atom is -0.461 e. The lowest BCUT2D eigenvalue weighted by Crippen LogP contribution is -2.34. The number of para-hydroxylation sites is 1. The molecular formula is C18H23N3O3S. The van der Waals surface area contributed by atoms with Gasteiger partial charge in [-0.2, -0.15) is 0 Å². The summed E-state index contributed by atoms with van der Waals surface area (Å²) >= 11 is 0. The first kappa shape index (κ1) is 17.7. The van der Waals surface area contributed by atoms with E-state index in [1.807, 2.05) is 51.1 Å². The molecule has 0 bridgehead atoms. The molecular weight excluding hydrogens is 338 g/mol. The standard InChI is InChI=1S/C18H23N3O3S/c1-12(2)18-19-17(11-21(18)4)25(22,23)20-13(3)9-15-10-14-7-5-6-8-16(14)24-15/h5-8,10-13,20H,9H2,1-4H3. The summed E-state index contributed by atoms with van der Waals surface area (Å²) < 4.78 is 35.3. The Morgan fingerprint density at radius 2 is 1.96 bits per heavy atom. The van der Waals surface area contributed by atoms with E-state index in [2.05, 4.69) is 9.71 Å². The van der Waals surface area contributed by atoms with Gasteiger partial charge >= 0.3 is 0 Å². The number of benzene rings is 1. The number of nitrogens with one attached hydrogen (secondary N) is 1. The quantitative estimate of drug-likeness (QED) is 0.731. The van der Waals surface area contributed by atoms with E-state index in [0.717, 1.165) is 22.6 Å². The van der Waals surface area contributed by atoms with Crippen LogP contribution in [0.3, 0.4) is 0 Å². The Labute approximate surface area is 147 Å². The van der Waals surface area contributed by atoms with Gasteiger partial charge in [-0.25, -0.2) is 18.1 Å². The van der Waals surface area contributed by atoms with Crippen LogP contribution in [0.15, 0.2) is 46.0 Å². The molecule has 0 radical (unpaired) electrons. The maximum Gasteiger partial charge on any atom is 0.259 e. The highest BCUT2D eigenvalue weighted by Gasteiger charge is 2.23. The summed E-state index contributed by atoms with van der Waals surface area (Å²) in [6.07, 6.45) is 2.02. The van der Waals surface area contributed by atoms with Gasteiger partial charge in [0, 0.05) is 37.0 Å². The van der Waals surface area contributed by atoms with Crippen molar-refractivity contribution in [2.45, 2.75) is 44.2 Å². The summed E-state index contributed by atoms with van der Waals surface area (Å²) in [5, 5.41) is 1.06. The number of furan rings is 1. The minimum atomic E-state index is -3.67. The topological polar surface area (TPSA) is 77.1 Å². The Morgan fingerprint density at radius 1 is 1.24 bits per heavy atom. The molecule has 0 spiro atoms. The van der Waals surface area contributed by atoms with Crippen LogP contribution < -0.4 is 4.72 Å². The Balaban J connectivity index is 1.74.